The van der Waals surface area contributed by atoms with Crippen molar-refractivity contribution < 1.29 is 9.53 Å². The van der Waals surface area contributed by atoms with Crippen LogP contribution in [0.1, 0.15) is 24.2 Å². The number of amides is 1. The second-order valence-corrected chi connectivity index (χ2v) is 4.61. The van der Waals surface area contributed by atoms with Crippen LogP contribution in [0, 0.1) is 6.92 Å². The second-order valence-electron chi connectivity index (χ2n) is 4.61. The van der Waals surface area contributed by atoms with Gasteiger partial charge < -0.3 is 10.1 Å². The van der Waals surface area contributed by atoms with E-state index >= 15 is 0 Å². The third-order valence-corrected chi connectivity index (χ3v) is 2.88. The number of nitrogens with zero attached hydrogens (tertiary/aromatic N) is 1. The Balaban J connectivity index is 2.04. The lowest BCUT2D eigenvalue weighted by atomic mass is 10.1. The van der Waals surface area contributed by atoms with Crippen molar-refractivity contribution in [2.75, 3.05) is 6.61 Å². The Morgan fingerprint density at radius 1 is 1.25 bits per heavy atom. The standard InChI is InChI=1S/C16H18N2O2/c1-12-8-9-15(10-17-12)20-11-16(18-13(2)19)14-6-4-3-5-7-14/h3-10,16H,11H2,1-2H3,(H,18,19)/t16-/m0/s1. The SMILES string of the molecule is CC(=O)N[C@@H](COc1ccc(C)nc1)c1ccccc1. The molecule has 1 N–H and O–H groups in total. The second kappa shape index (κ2) is 6.70. The summed E-state index contributed by atoms with van der Waals surface area (Å²) in [6, 6.07) is 13.4. The predicted molar refractivity (Wildman–Crippen MR) is 77.5 cm³/mol. The molecular weight excluding hydrogens is 252 g/mol. The van der Waals surface area contributed by atoms with E-state index in [1.54, 1.807) is 6.20 Å². The molecule has 2 aromatic rings. The quantitative estimate of drug-likeness (QED) is 0.908. The summed E-state index contributed by atoms with van der Waals surface area (Å²) >= 11 is 0. The van der Waals surface area contributed by atoms with Gasteiger partial charge in [0.15, 0.2) is 0 Å². The molecule has 0 fully saturated rings. The monoisotopic (exact) mass is 270 g/mol. The van der Waals surface area contributed by atoms with Crippen LogP contribution in [0.3, 0.4) is 0 Å². The number of nitrogens with one attached hydrogen (secondary N) is 1. The number of carbonyl (C=O) groups excluding carboxylic acids is 1. The van der Waals surface area contributed by atoms with Gasteiger partial charge in [0.05, 0.1) is 12.2 Å². The first-order valence-electron chi connectivity index (χ1n) is 6.52. The van der Waals surface area contributed by atoms with Crippen LogP contribution in [0.5, 0.6) is 5.75 Å². The third kappa shape index (κ3) is 4.09. The summed E-state index contributed by atoms with van der Waals surface area (Å²) in [4.78, 5) is 15.5. The van der Waals surface area contributed by atoms with Crippen LogP contribution < -0.4 is 10.1 Å². The minimum absolute atomic E-state index is 0.0792. The van der Waals surface area contributed by atoms with Crippen LogP contribution in [0.25, 0.3) is 0 Å². The van der Waals surface area contributed by atoms with Crippen molar-refractivity contribution in [2.45, 2.75) is 19.9 Å². The molecule has 0 radical (unpaired) electrons. The minimum Gasteiger partial charge on any atom is -0.489 e. The molecule has 0 unspecified atom stereocenters. The van der Waals surface area contributed by atoms with E-state index < -0.39 is 0 Å². The number of aromatic nitrogens is 1. The van der Waals surface area contributed by atoms with E-state index in [0.29, 0.717) is 12.4 Å². The lowest BCUT2D eigenvalue weighted by Gasteiger charge is -2.19. The summed E-state index contributed by atoms with van der Waals surface area (Å²) in [5.74, 6) is 0.617. The molecule has 0 saturated heterocycles. The highest BCUT2D eigenvalue weighted by Gasteiger charge is 2.13. The van der Waals surface area contributed by atoms with E-state index in [9.17, 15) is 4.79 Å². The summed E-state index contributed by atoms with van der Waals surface area (Å²) in [7, 11) is 0. The van der Waals surface area contributed by atoms with Crippen molar-refractivity contribution in [2.24, 2.45) is 0 Å². The molecular formula is C16H18N2O2. The van der Waals surface area contributed by atoms with Crippen molar-refractivity contribution in [3.05, 3.63) is 59.9 Å². The van der Waals surface area contributed by atoms with Crippen molar-refractivity contribution in [3.8, 4) is 5.75 Å². The fourth-order valence-corrected chi connectivity index (χ4v) is 1.87. The van der Waals surface area contributed by atoms with Crippen molar-refractivity contribution in [1.82, 2.24) is 10.3 Å². The van der Waals surface area contributed by atoms with Crippen LogP contribution in [-0.4, -0.2) is 17.5 Å². The number of pyridine rings is 1. The molecule has 1 heterocycles. The summed E-state index contributed by atoms with van der Waals surface area (Å²) in [6.45, 7) is 3.80. The fourth-order valence-electron chi connectivity index (χ4n) is 1.87. The minimum atomic E-state index is -0.171. The van der Waals surface area contributed by atoms with Gasteiger partial charge in [-0.2, -0.15) is 0 Å². The first kappa shape index (κ1) is 14.1. The van der Waals surface area contributed by atoms with E-state index in [0.717, 1.165) is 11.3 Å². The maximum Gasteiger partial charge on any atom is 0.217 e. The lowest BCUT2D eigenvalue weighted by molar-refractivity contribution is -0.119. The topological polar surface area (TPSA) is 51.2 Å². The Morgan fingerprint density at radius 2 is 2.00 bits per heavy atom. The highest BCUT2D eigenvalue weighted by Crippen LogP contribution is 2.16. The molecule has 1 aromatic heterocycles. The number of rotatable bonds is 5. The third-order valence-electron chi connectivity index (χ3n) is 2.88. The van der Waals surface area contributed by atoms with E-state index in [4.69, 9.17) is 4.74 Å². The van der Waals surface area contributed by atoms with Gasteiger partial charge in [0.2, 0.25) is 5.91 Å². The molecule has 4 heteroatoms. The normalized spacial score (nSPS) is 11.7. The van der Waals surface area contributed by atoms with Gasteiger partial charge in [-0.25, -0.2) is 0 Å². The molecule has 4 nitrogen and oxygen atoms in total. The van der Waals surface area contributed by atoms with Gasteiger partial charge in [0.1, 0.15) is 12.4 Å². The van der Waals surface area contributed by atoms with Crippen LogP contribution >= 0.6 is 0 Å². The Morgan fingerprint density at radius 3 is 2.60 bits per heavy atom. The number of carbonyl (C=O) groups is 1. The number of aryl methyl sites for hydroxylation is 1. The van der Waals surface area contributed by atoms with Crippen LogP contribution in [0.4, 0.5) is 0 Å². The Hall–Kier alpha value is -2.36. The van der Waals surface area contributed by atoms with Gasteiger partial charge in [-0.3, -0.25) is 9.78 Å². The van der Waals surface area contributed by atoms with Crippen LogP contribution in [-0.2, 0) is 4.79 Å². The zero-order valence-corrected chi connectivity index (χ0v) is 11.7. The largest absolute Gasteiger partial charge is 0.489 e. The smallest absolute Gasteiger partial charge is 0.217 e. The molecule has 104 valence electrons. The Labute approximate surface area is 118 Å². The number of ether oxygens (including phenoxy) is 1. The molecule has 0 aliphatic heterocycles. The number of hydrogen-bond acceptors (Lipinski definition) is 3. The zero-order chi connectivity index (χ0) is 14.4. The predicted octanol–water partition coefficient (Wildman–Crippen LogP) is 2.65. The highest BCUT2D eigenvalue weighted by atomic mass is 16.5. The Kier molecular flexibility index (Phi) is 4.71. The zero-order valence-electron chi connectivity index (χ0n) is 11.7. The summed E-state index contributed by atoms with van der Waals surface area (Å²) in [5.41, 5.74) is 1.96. The molecule has 0 aliphatic carbocycles. The van der Waals surface area contributed by atoms with Crippen molar-refractivity contribution in [3.63, 3.8) is 0 Å². The van der Waals surface area contributed by atoms with Gasteiger partial charge in [-0.15, -0.1) is 0 Å². The molecule has 0 bridgehead atoms. The Bertz CT molecular complexity index is 552. The first-order chi connectivity index (χ1) is 9.65. The number of hydrogen-bond donors (Lipinski definition) is 1. The lowest BCUT2D eigenvalue weighted by Crippen LogP contribution is -2.30. The molecule has 0 spiro atoms. The summed E-state index contributed by atoms with van der Waals surface area (Å²) < 4.78 is 5.70. The average molecular weight is 270 g/mol. The molecule has 20 heavy (non-hydrogen) atoms. The molecule has 1 amide bonds. The summed E-state index contributed by atoms with van der Waals surface area (Å²) in [5, 5.41) is 2.89. The summed E-state index contributed by atoms with van der Waals surface area (Å²) in [6.07, 6.45) is 1.69. The molecule has 2 rings (SSSR count). The van der Waals surface area contributed by atoms with E-state index in [2.05, 4.69) is 10.3 Å². The average Bonchev–Trinajstić information content (AvgIpc) is 2.46. The van der Waals surface area contributed by atoms with E-state index in [1.165, 1.54) is 6.92 Å². The van der Waals surface area contributed by atoms with Gasteiger partial charge in [-0.1, -0.05) is 30.3 Å². The molecule has 0 aliphatic rings. The maximum absolute atomic E-state index is 11.3. The first-order valence-corrected chi connectivity index (χ1v) is 6.52. The van der Waals surface area contributed by atoms with Gasteiger partial charge in [0, 0.05) is 12.6 Å². The fraction of sp³-hybridized carbons (Fsp3) is 0.250. The van der Waals surface area contributed by atoms with Crippen LogP contribution in [0.15, 0.2) is 48.7 Å². The van der Waals surface area contributed by atoms with Crippen molar-refractivity contribution >= 4 is 5.91 Å². The van der Waals surface area contributed by atoms with Gasteiger partial charge in [0.25, 0.3) is 0 Å². The van der Waals surface area contributed by atoms with Crippen molar-refractivity contribution in [1.29, 1.82) is 0 Å². The molecule has 1 aromatic carbocycles. The number of benzene rings is 1. The highest BCUT2D eigenvalue weighted by molar-refractivity contribution is 5.73. The van der Waals surface area contributed by atoms with Gasteiger partial charge in [-0.05, 0) is 24.6 Å². The maximum atomic E-state index is 11.3. The molecule has 0 saturated carbocycles. The van der Waals surface area contributed by atoms with Gasteiger partial charge >= 0.3 is 0 Å². The van der Waals surface area contributed by atoms with Crippen LogP contribution in [0.2, 0.25) is 0 Å². The van der Waals surface area contributed by atoms with E-state index in [1.807, 2.05) is 49.4 Å². The van der Waals surface area contributed by atoms with E-state index in [-0.39, 0.29) is 11.9 Å². The molecule has 1 atom stereocenters.